The van der Waals surface area contributed by atoms with Crippen LogP contribution in [-0.4, -0.2) is 41.9 Å². The van der Waals surface area contributed by atoms with Crippen molar-refractivity contribution in [1.29, 1.82) is 0 Å². The lowest BCUT2D eigenvalue weighted by molar-refractivity contribution is -0.142. The highest BCUT2D eigenvalue weighted by molar-refractivity contribution is 6.07. The number of carbonyl (C=O) groups is 2. The van der Waals surface area contributed by atoms with Crippen LogP contribution in [0.25, 0.3) is 0 Å². The molecule has 26 heavy (non-hydrogen) atoms. The Morgan fingerprint density at radius 1 is 1.23 bits per heavy atom. The predicted octanol–water partition coefficient (Wildman–Crippen LogP) is 2.37. The molecule has 0 aliphatic rings. The van der Waals surface area contributed by atoms with Gasteiger partial charge in [-0.1, -0.05) is 0 Å². The maximum atomic E-state index is 12.4. The molecule has 0 aliphatic heterocycles. The van der Waals surface area contributed by atoms with Gasteiger partial charge < -0.3 is 15.4 Å². The smallest absolute Gasteiger partial charge is 0.408 e. The lowest BCUT2D eigenvalue weighted by Gasteiger charge is -2.12. The number of anilines is 1. The minimum Gasteiger partial charge on any atom is -0.496 e. The average molecular weight is 370 g/mol. The molecule has 2 rings (SSSR count). The second-order valence-corrected chi connectivity index (χ2v) is 5.41. The molecule has 2 aromatic rings. The summed E-state index contributed by atoms with van der Waals surface area (Å²) in [6, 6.07) is 4.14. The van der Waals surface area contributed by atoms with E-state index in [4.69, 9.17) is 4.74 Å². The van der Waals surface area contributed by atoms with Crippen LogP contribution in [0.3, 0.4) is 0 Å². The first kappa shape index (κ1) is 19.3. The van der Waals surface area contributed by atoms with Gasteiger partial charge in [0.2, 0.25) is 0 Å². The summed E-state index contributed by atoms with van der Waals surface area (Å²) in [4.78, 5) is 24.4. The lowest BCUT2D eigenvalue weighted by atomic mass is 10.0. The van der Waals surface area contributed by atoms with Crippen LogP contribution >= 0.6 is 0 Å². The number of carbonyl (C=O) groups excluding carboxylic acids is 2. The van der Waals surface area contributed by atoms with Gasteiger partial charge >= 0.3 is 6.18 Å². The van der Waals surface area contributed by atoms with Crippen LogP contribution in [0.5, 0.6) is 5.75 Å². The van der Waals surface area contributed by atoms with Crippen LogP contribution in [0.2, 0.25) is 0 Å². The minimum absolute atomic E-state index is 0.0315. The fraction of sp³-hybridized carbons (Fsp3) is 0.312. The summed E-state index contributed by atoms with van der Waals surface area (Å²) >= 11 is 0. The van der Waals surface area contributed by atoms with Gasteiger partial charge in [0.1, 0.15) is 12.3 Å². The molecule has 2 N–H and O–H groups in total. The number of nitrogens with one attached hydrogen (secondary N) is 2. The third-order valence-electron chi connectivity index (χ3n) is 3.49. The number of ether oxygens (including phenoxy) is 1. The van der Waals surface area contributed by atoms with Crippen molar-refractivity contribution in [2.45, 2.75) is 19.6 Å². The van der Waals surface area contributed by atoms with Crippen molar-refractivity contribution < 1.29 is 27.5 Å². The number of rotatable bonds is 5. The van der Waals surface area contributed by atoms with Crippen molar-refractivity contribution in [1.82, 2.24) is 15.1 Å². The molecule has 0 saturated heterocycles. The van der Waals surface area contributed by atoms with E-state index < -0.39 is 24.5 Å². The van der Waals surface area contributed by atoms with E-state index in [0.717, 1.165) is 6.20 Å². The third kappa shape index (κ3) is 4.52. The number of aryl methyl sites for hydroxylation is 1. The number of nitrogens with zero attached hydrogens (tertiary/aromatic N) is 2. The van der Waals surface area contributed by atoms with E-state index in [9.17, 15) is 22.8 Å². The van der Waals surface area contributed by atoms with Gasteiger partial charge in [0, 0.05) is 24.9 Å². The first-order valence-corrected chi connectivity index (χ1v) is 7.47. The fourth-order valence-electron chi connectivity index (χ4n) is 2.29. The highest BCUT2D eigenvalue weighted by Crippen LogP contribution is 2.24. The molecule has 7 nitrogen and oxygen atoms in total. The topological polar surface area (TPSA) is 85.3 Å². The fourth-order valence-corrected chi connectivity index (χ4v) is 2.29. The van der Waals surface area contributed by atoms with E-state index in [1.54, 1.807) is 6.92 Å². The largest absolute Gasteiger partial charge is 0.496 e. The van der Waals surface area contributed by atoms with Crippen molar-refractivity contribution >= 4 is 17.6 Å². The summed E-state index contributed by atoms with van der Waals surface area (Å²) in [5.41, 5.74) is 0.866. The summed E-state index contributed by atoms with van der Waals surface area (Å²) in [6.07, 6.45) is -3.30. The Balaban J connectivity index is 2.25. The van der Waals surface area contributed by atoms with Gasteiger partial charge in [0.05, 0.1) is 12.7 Å². The van der Waals surface area contributed by atoms with E-state index in [0.29, 0.717) is 16.0 Å². The maximum Gasteiger partial charge on any atom is 0.408 e. The van der Waals surface area contributed by atoms with Gasteiger partial charge in [-0.3, -0.25) is 14.3 Å². The van der Waals surface area contributed by atoms with Gasteiger partial charge in [-0.25, -0.2) is 0 Å². The number of alkyl halides is 3. The van der Waals surface area contributed by atoms with Gasteiger partial charge in [-0.05, 0) is 24.6 Å². The zero-order valence-corrected chi connectivity index (χ0v) is 14.3. The third-order valence-corrected chi connectivity index (χ3v) is 3.49. The maximum absolute atomic E-state index is 12.4. The second kappa shape index (κ2) is 7.46. The van der Waals surface area contributed by atoms with Crippen molar-refractivity contribution in [3.05, 3.63) is 41.1 Å². The standard InChI is InChI=1S/C16H17F3N4O3/c1-9-6-12(26-3)11(14(24)20-2)7-10(9)15(25)21-13-4-5-23(22-13)8-16(17,18)19/h4-7H,8H2,1-3H3,(H,20,24)(H,21,22,25). The Bertz CT molecular complexity index is 831. The molecule has 0 unspecified atom stereocenters. The molecular formula is C16H17F3N4O3. The summed E-state index contributed by atoms with van der Waals surface area (Å²) in [5, 5.41) is 8.52. The van der Waals surface area contributed by atoms with Crippen LogP contribution in [0.15, 0.2) is 24.4 Å². The van der Waals surface area contributed by atoms with Gasteiger partial charge in [-0.15, -0.1) is 0 Å². The quantitative estimate of drug-likeness (QED) is 0.846. The van der Waals surface area contributed by atoms with Crippen molar-refractivity contribution in [2.24, 2.45) is 0 Å². The van der Waals surface area contributed by atoms with E-state index in [1.807, 2.05) is 0 Å². The first-order chi connectivity index (χ1) is 12.1. The molecule has 0 atom stereocenters. The van der Waals surface area contributed by atoms with Crippen molar-refractivity contribution in [3.63, 3.8) is 0 Å². The predicted molar refractivity (Wildman–Crippen MR) is 87.4 cm³/mol. The molecule has 1 heterocycles. The summed E-state index contributed by atoms with van der Waals surface area (Å²) < 4.78 is 42.9. The van der Waals surface area contributed by atoms with Crippen LogP contribution in [-0.2, 0) is 6.54 Å². The average Bonchev–Trinajstić information content (AvgIpc) is 2.98. The normalized spacial score (nSPS) is 11.2. The van der Waals surface area contributed by atoms with Gasteiger partial charge in [0.25, 0.3) is 11.8 Å². The number of methoxy groups -OCH3 is 1. The minimum atomic E-state index is -4.41. The number of hydrogen-bond donors (Lipinski definition) is 2. The second-order valence-electron chi connectivity index (χ2n) is 5.41. The molecule has 0 bridgehead atoms. The summed E-state index contributed by atoms with van der Waals surface area (Å²) in [6.45, 7) is 0.387. The molecule has 1 aromatic heterocycles. The van der Waals surface area contributed by atoms with E-state index in [1.165, 1.54) is 32.4 Å². The van der Waals surface area contributed by atoms with Crippen molar-refractivity contribution in [3.8, 4) is 5.75 Å². The monoisotopic (exact) mass is 370 g/mol. The number of halogens is 3. The highest BCUT2D eigenvalue weighted by Gasteiger charge is 2.28. The number of aromatic nitrogens is 2. The Hall–Kier alpha value is -3.04. The Kier molecular flexibility index (Phi) is 5.53. The first-order valence-electron chi connectivity index (χ1n) is 7.47. The molecule has 2 amide bonds. The molecule has 0 spiro atoms. The Labute approximate surface area is 147 Å². The zero-order valence-electron chi connectivity index (χ0n) is 14.3. The molecular weight excluding hydrogens is 353 g/mol. The van der Waals surface area contributed by atoms with Crippen LogP contribution in [0.4, 0.5) is 19.0 Å². The molecule has 140 valence electrons. The number of hydrogen-bond acceptors (Lipinski definition) is 4. The van der Waals surface area contributed by atoms with Gasteiger partial charge in [-0.2, -0.15) is 18.3 Å². The van der Waals surface area contributed by atoms with Crippen LogP contribution in [0, 0.1) is 6.92 Å². The molecule has 0 fully saturated rings. The summed E-state index contributed by atoms with van der Waals surface area (Å²) in [7, 11) is 2.84. The van der Waals surface area contributed by atoms with Crippen LogP contribution in [0.1, 0.15) is 26.3 Å². The van der Waals surface area contributed by atoms with E-state index in [-0.39, 0.29) is 16.9 Å². The molecule has 0 radical (unpaired) electrons. The summed E-state index contributed by atoms with van der Waals surface area (Å²) in [5.74, 6) is -0.776. The zero-order chi connectivity index (χ0) is 19.5. The molecule has 0 aliphatic carbocycles. The van der Waals surface area contributed by atoms with E-state index >= 15 is 0 Å². The lowest BCUT2D eigenvalue weighted by Crippen LogP contribution is -2.21. The van der Waals surface area contributed by atoms with E-state index in [2.05, 4.69) is 15.7 Å². The molecule has 10 heteroatoms. The number of amides is 2. The molecule has 1 aromatic carbocycles. The van der Waals surface area contributed by atoms with Gasteiger partial charge in [0.15, 0.2) is 5.82 Å². The number of benzene rings is 1. The Morgan fingerprint density at radius 2 is 1.92 bits per heavy atom. The highest BCUT2D eigenvalue weighted by atomic mass is 19.4. The van der Waals surface area contributed by atoms with Crippen LogP contribution < -0.4 is 15.4 Å². The van der Waals surface area contributed by atoms with Crippen molar-refractivity contribution in [2.75, 3.05) is 19.5 Å². The molecule has 0 saturated carbocycles. The SMILES string of the molecule is CNC(=O)c1cc(C(=O)Nc2ccn(CC(F)(F)F)n2)c(C)cc1OC. The Morgan fingerprint density at radius 3 is 2.50 bits per heavy atom.